The molecule has 0 bridgehead atoms. The first-order chi connectivity index (χ1) is 11.5. The van der Waals surface area contributed by atoms with Crippen molar-refractivity contribution in [3.8, 4) is 0 Å². The van der Waals surface area contributed by atoms with E-state index in [1.165, 1.54) is 5.56 Å². The van der Waals surface area contributed by atoms with Gasteiger partial charge in [0.05, 0.1) is 5.69 Å². The van der Waals surface area contributed by atoms with Gasteiger partial charge in [-0.1, -0.05) is 54.1 Å². The lowest BCUT2D eigenvalue weighted by Gasteiger charge is -2.26. The highest BCUT2D eigenvalue weighted by Crippen LogP contribution is 2.32. The van der Waals surface area contributed by atoms with Crippen molar-refractivity contribution in [1.82, 2.24) is 9.97 Å². The predicted molar refractivity (Wildman–Crippen MR) is 99.9 cm³/mol. The molecule has 1 atom stereocenters. The summed E-state index contributed by atoms with van der Waals surface area (Å²) in [6.07, 6.45) is 6.90. The summed E-state index contributed by atoms with van der Waals surface area (Å²) in [7, 11) is 1.99. The van der Waals surface area contributed by atoms with Gasteiger partial charge in [-0.3, -0.25) is 4.99 Å². The minimum absolute atomic E-state index is 0.532. The van der Waals surface area contributed by atoms with Crippen LogP contribution in [0.3, 0.4) is 0 Å². The van der Waals surface area contributed by atoms with E-state index in [1.54, 1.807) is 0 Å². The van der Waals surface area contributed by atoms with Crippen LogP contribution < -0.4 is 4.90 Å². The van der Waals surface area contributed by atoms with Crippen molar-refractivity contribution in [3.63, 3.8) is 0 Å². The fourth-order valence-electron chi connectivity index (χ4n) is 2.73. The maximum absolute atomic E-state index is 6.49. The van der Waals surface area contributed by atoms with Gasteiger partial charge in [0.2, 0.25) is 0 Å². The van der Waals surface area contributed by atoms with Crippen LogP contribution in [0.4, 0.5) is 5.82 Å². The van der Waals surface area contributed by atoms with Crippen LogP contribution in [-0.4, -0.2) is 23.2 Å². The number of aromatic nitrogens is 2. The summed E-state index contributed by atoms with van der Waals surface area (Å²) in [5, 5.41) is 0.588. The van der Waals surface area contributed by atoms with Crippen LogP contribution in [-0.2, 0) is 12.1 Å². The van der Waals surface area contributed by atoms with Crippen molar-refractivity contribution in [2.75, 3.05) is 11.9 Å². The third-order valence-corrected chi connectivity index (χ3v) is 4.56. The van der Waals surface area contributed by atoms with Gasteiger partial charge in [0, 0.05) is 26.2 Å². The average molecular weight is 341 g/mol. The van der Waals surface area contributed by atoms with E-state index in [2.05, 4.69) is 39.2 Å². The summed E-state index contributed by atoms with van der Waals surface area (Å²) in [6.45, 7) is 4.65. The first-order valence-corrected chi connectivity index (χ1v) is 8.38. The Labute approximate surface area is 147 Å². The Hall–Kier alpha value is -2.20. The van der Waals surface area contributed by atoms with E-state index in [4.69, 9.17) is 16.6 Å². The topological polar surface area (TPSA) is 41.4 Å². The van der Waals surface area contributed by atoms with Gasteiger partial charge < -0.3 is 4.90 Å². The van der Waals surface area contributed by atoms with Crippen LogP contribution in [0.1, 0.15) is 30.4 Å². The second-order valence-electron chi connectivity index (χ2n) is 6.21. The molecule has 0 N–H and O–H groups in total. The molecule has 2 aromatic rings. The number of halogens is 1. The largest absolute Gasteiger partial charge is 0.354 e. The summed E-state index contributed by atoms with van der Waals surface area (Å²) < 4.78 is 0. The molecule has 0 fully saturated rings. The number of allylic oxidation sites excluding steroid dienone is 1. The Balaban J connectivity index is 1.97. The van der Waals surface area contributed by atoms with E-state index < -0.39 is 5.54 Å². The number of rotatable bonds is 4. The molecule has 124 valence electrons. The molecular weight excluding hydrogens is 320 g/mol. The van der Waals surface area contributed by atoms with Crippen LogP contribution in [0.25, 0.3) is 0 Å². The first-order valence-electron chi connectivity index (χ1n) is 8.01. The zero-order valence-corrected chi connectivity index (χ0v) is 15.0. The molecular formula is C19H21ClN4. The normalized spacial score (nSPS) is 19.5. The SMILES string of the molecule is Cc1nc(C2(C)C=CCC=N2)nc(N(C)Cc2ccccc2)c1Cl. The monoisotopic (exact) mass is 340 g/mol. The number of aliphatic imine (C=N–C) groups is 1. The van der Waals surface area contributed by atoms with E-state index in [0.29, 0.717) is 10.8 Å². The number of benzene rings is 1. The third-order valence-electron chi connectivity index (χ3n) is 4.12. The molecule has 4 nitrogen and oxygen atoms in total. The van der Waals surface area contributed by atoms with Crippen LogP contribution >= 0.6 is 11.6 Å². The number of nitrogens with zero attached hydrogens (tertiary/aromatic N) is 4. The van der Waals surface area contributed by atoms with Crippen LogP contribution in [0.5, 0.6) is 0 Å². The smallest absolute Gasteiger partial charge is 0.162 e. The van der Waals surface area contributed by atoms with Crippen LogP contribution in [0.2, 0.25) is 5.02 Å². The summed E-state index contributed by atoms with van der Waals surface area (Å²) >= 11 is 6.49. The lowest BCUT2D eigenvalue weighted by molar-refractivity contribution is 0.575. The first kappa shape index (κ1) is 16.7. The number of hydrogen-bond donors (Lipinski definition) is 0. The predicted octanol–water partition coefficient (Wildman–Crippen LogP) is 4.32. The number of anilines is 1. The van der Waals surface area contributed by atoms with Crippen LogP contribution in [0.15, 0.2) is 47.5 Å². The van der Waals surface area contributed by atoms with Gasteiger partial charge in [-0.15, -0.1) is 0 Å². The Morgan fingerprint density at radius 2 is 1.96 bits per heavy atom. The molecule has 0 amide bonds. The summed E-state index contributed by atoms with van der Waals surface area (Å²) in [6, 6.07) is 10.3. The van der Waals surface area contributed by atoms with Gasteiger partial charge in [-0.25, -0.2) is 9.97 Å². The Morgan fingerprint density at radius 1 is 1.21 bits per heavy atom. The van der Waals surface area contributed by atoms with Crippen molar-refractivity contribution >= 4 is 23.6 Å². The van der Waals surface area contributed by atoms with Gasteiger partial charge in [0.25, 0.3) is 0 Å². The van der Waals surface area contributed by atoms with Crippen LogP contribution in [0, 0.1) is 6.92 Å². The molecule has 1 unspecified atom stereocenters. The average Bonchev–Trinajstić information content (AvgIpc) is 2.58. The van der Waals surface area contributed by atoms with Gasteiger partial charge in [0.15, 0.2) is 11.6 Å². The molecule has 2 heterocycles. The summed E-state index contributed by atoms with van der Waals surface area (Å²) in [4.78, 5) is 16.0. The Morgan fingerprint density at radius 3 is 2.62 bits per heavy atom. The third kappa shape index (κ3) is 3.34. The number of aryl methyl sites for hydroxylation is 1. The molecule has 3 rings (SSSR count). The second kappa shape index (κ2) is 6.73. The fourth-order valence-corrected chi connectivity index (χ4v) is 2.96. The van der Waals surface area contributed by atoms with Crippen molar-refractivity contribution in [2.24, 2.45) is 4.99 Å². The molecule has 0 saturated heterocycles. The van der Waals surface area contributed by atoms with Crippen molar-refractivity contribution < 1.29 is 0 Å². The molecule has 1 aromatic carbocycles. The lowest BCUT2D eigenvalue weighted by atomic mass is 9.99. The molecule has 0 saturated carbocycles. The highest BCUT2D eigenvalue weighted by molar-refractivity contribution is 6.33. The molecule has 0 aliphatic carbocycles. The van der Waals surface area contributed by atoms with Gasteiger partial charge in [-0.05, 0) is 19.4 Å². The second-order valence-corrected chi connectivity index (χ2v) is 6.59. The van der Waals surface area contributed by atoms with E-state index in [0.717, 1.165) is 24.5 Å². The van der Waals surface area contributed by atoms with Crippen molar-refractivity contribution in [2.45, 2.75) is 32.4 Å². The number of hydrogen-bond acceptors (Lipinski definition) is 4. The molecule has 24 heavy (non-hydrogen) atoms. The maximum atomic E-state index is 6.49. The van der Waals surface area contributed by atoms with Crippen molar-refractivity contribution in [3.05, 3.63) is 64.6 Å². The minimum atomic E-state index is -0.532. The van der Waals surface area contributed by atoms with E-state index in [1.807, 2.05) is 45.3 Å². The molecule has 1 aliphatic heterocycles. The summed E-state index contributed by atoms with van der Waals surface area (Å²) in [5.41, 5.74) is 1.44. The minimum Gasteiger partial charge on any atom is -0.354 e. The molecule has 5 heteroatoms. The summed E-state index contributed by atoms with van der Waals surface area (Å²) in [5.74, 6) is 1.41. The standard InChI is InChI=1S/C19H21ClN4/c1-14-16(20)17(24(3)13-15-9-5-4-6-10-15)23-18(22-14)19(2)11-7-8-12-21-19/h4-7,9-12H,8,13H2,1-3H3. The Kier molecular flexibility index (Phi) is 4.67. The number of dihydropyridines is 1. The maximum Gasteiger partial charge on any atom is 0.162 e. The highest BCUT2D eigenvalue weighted by Gasteiger charge is 2.29. The fraction of sp³-hybridized carbons (Fsp3) is 0.316. The molecule has 0 spiro atoms. The van der Waals surface area contributed by atoms with Gasteiger partial charge in [0.1, 0.15) is 10.6 Å². The highest BCUT2D eigenvalue weighted by atomic mass is 35.5. The Bertz CT molecular complexity index is 771. The van der Waals surface area contributed by atoms with Crippen molar-refractivity contribution in [1.29, 1.82) is 0 Å². The molecule has 1 aromatic heterocycles. The molecule has 0 radical (unpaired) electrons. The lowest BCUT2D eigenvalue weighted by Crippen LogP contribution is -2.25. The van der Waals surface area contributed by atoms with E-state index >= 15 is 0 Å². The van der Waals surface area contributed by atoms with E-state index in [9.17, 15) is 0 Å². The van der Waals surface area contributed by atoms with E-state index in [-0.39, 0.29) is 0 Å². The van der Waals surface area contributed by atoms with Gasteiger partial charge in [-0.2, -0.15) is 0 Å². The quantitative estimate of drug-likeness (QED) is 0.778. The van der Waals surface area contributed by atoms with Gasteiger partial charge >= 0.3 is 0 Å². The molecule has 1 aliphatic rings. The zero-order valence-electron chi connectivity index (χ0n) is 14.2. The zero-order chi connectivity index (χ0) is 17.2.